The summed E-state index contributed by atoms with van der Waals surface area (Å²) in [6, 6.07) is 5.67. The molecule has 1 aliphatic rings. The van der Waals surface area contributed by atoms with Gasteiger partial charge >= 0.3 is 0 Å². The maximum atomic E-state index is 12.2. The Labute approximate surface area is 108 Å². The molecule has 0 aliphatic carbocycles. The Morgan fingerprint density at radius 2 is 2.11 bits per heavy atom. The number of amides is 1. The lowest BCUT2D eigenvalue weighted by molar-refractivity contribution is -0.117. The van der Waals surface area contributed by atoms with Gasteiger partial charge in [-0.2, -0.15) is 0 Å². The number of benzene rings is 1. The molecular formula is C14H20N2O2. The molecular weight excluding hydrogens is 228 g/mol. The number of nitrogens with zero attached hydrogens (tertiary/aromatic N) is 1. The molecule has 0 bridgehead atoms. The summed E-state index contributed by atoms with van der Waals surface area (Å²) >= 11 is 0. The van der Waals surface area contributed by atoms with E-state index in [0.717, 1.165) is 11.3 Å². The topological polar surface area (TPSA) is 55.6 Å². The zero-order valence-corrected chi connectivity index (χ0v) is 11.4. The van der Waals surface area contributed by atoms with Crippen molar-refractivity contribution in [1.29, 1.82) is 0 Å². The molecule has 2 N–H and O–H groups in total. The summed E-state index contributed by atoms with van der Waals surface area (Å²) < 4.78 is 5.35. The van der Waals surface area contributed by atoms with Gasteiger partial charge in [-0.15, -0.1) is 0 Å². The smallest absolute Gasteiger partial charge is 0.229 e. The van der Waals surface area contributed by atoms with Crippen molar-refractivity contribution < 1.29 is 9.53 Å². The fraction of sp³-hybridized carbons (Fsp3) is 0.500. The molecule has 4 nitrogen and oxygen atoms in total. The van der Waals surface area contributed by atoms with Crippen LogP contribution in [0.1, 0.15) is 25.8 Å². The Morgan fingerprint density at radius 3 is 2.61 bits per heavy atom. The first-order chi connectivity index (χ1) is 8.37. The first-order valence-corrected chi connectivity index (χ1v) is 6.11. The number of aryl methyl sites for hydroxylation is 1. The number of methoxy groups -OCH3 is 1. The minimum atomic E-state index is -0.391. The normalized spacial score (nSPS) is 22.4. The number of anilines is 1. The molecule has 1 heterocycles. The van der Waals surface area contributed by atoms with Gasteiger partial charge in [0.1, 0.15) is 5.75 Å². The number of hydrogen-bond donors (Lipinski definition) is 1. The highest BCUT2D eigenvalue weighted by Crippen LogP contribution is 2.39. The van der Waals surface area contributed by atoms with Gasteiger partial charge in [0.15, 0.2) is 0 Å². The molecule has 1 aromatic carbocycles. The average molecular weight is 248 g/mol. The molecule has 18 heavy (non-hydrogen) atoms. The molecule has 0 aromatic heterocycles. The lowest BCUT2D eigenvalue weighted by atomic mass is 9.96. The highest BCUT2D eigenvalue weighted by molar-refractivity contribution is 5.99. The Bertz CT molecular complexity index is 483. The Balaban J connectivity index is 2.54. The Kier molecular flexibility index (Phi) is 3.07. The maximum Gasteiger partial charge on any atom is 0.229 e. The molecule has 1 amide bonds. The van der Waals surface area contributed by atoms with Crippen molar-refractivity contribution in [3.05, 3.63) is 23.8 Å². The average Bonchev–Trinajstić information content (AvgIpc) is 2.48. The third-order valence-electron chi connectivity index (χ3n) is 3.70. The fourth-order valence-electron chi connectivity index (χ4n) is 2.44. The van der Waals surface area contributed by atoms with Gasteiger partial charge < -0.3 is 15.4 Å². The lowest BCUT2D eigenvalue weighted by Gasteiger charge is -2.35. The van der Waals surface area contributed by atoms with E-state index >= 15 is 0 Å². The molecule has 1 atom stereocenters. The lowest BCUT2D eigenvalue weighted by Crippen LogP contribution is -2.49. The summed E-state index contributed by atoms with van der Waals surface area (Å²) in [6.07, 6.45) is 0.379. The first-order valence-electron chi connectivity index (χ1n) is 6.11. The number of carbonyl (C=O) groups excluding carboxylic acids is 1. The van der Waals surface area contributed by atoms with Crippen LogP contribution in [0.4, 0.5) is 5.69 Å². The molecule has 0 spiro atoms. The van der Waals surface area contributed by atoms with Crippen molar-refractivity contribution in [1.82, 2.24) is 0 Å². The predicted molar refractivity (Wildman–Crippen MR) is 71.9 cm³/mol. The van der Waals surface area contributed by atoms with Crippen LogP contribution >= 0.6 is 0 Å². The number of rotatable bonds is 2. The summed E-state index contributed by atoms with van der Waals surface area (Å²) in [6.45, 7) is 5.98. The van der Waals surface area contributed by atoms with Crippen LogP contribution in [0.25, 0.3) is 0 Å². The van der Waals surface area contributed by atoms with Crippen molar-refractivity contribution >= 4 is 11.6 Å². The van der Waals surface area contributed by atoms with Gasteiger partial charge in [0.25, 0.3) is 0 Å². The van der Waals surface area contributed by atoms with E-state index < -0.39 is 5.54 Å². The number of nitrogens with two attached hydrogens (primary N) is 1. The van der Waals surface area contributed by atoms with Crippen LogP contribution in [0.15, 0.2) is 18.2 Å². The van der Waals surface area contributed by atoms with Gasteiger partial charge in [-0.25, -0.2) is 0 Å². The molecule has 4 heteroatoms. The van der Waals surface area contributed by atoms with Crippen LogP contribution < -0.4 is 15.4 Å². The van der Waals surface area contributed by atoms with Crippen molar-refractivity contribution in [2.45, 2.75) is 38.8 Å². The van der Waals surface area contributed by atoms with E-state index in [4.69, 9.17) is 10.5 Å². The van der Waals surface area contributed by atoms with E-state index in [1.807, 2.05) is 39.0 Å². The summed E-state index contributed by atoms with van der Waals surface area (Å²) in [5.74, 6) is 0.757. The van der Waals surface area contributed by atoms with E-state index in [1.54, 1.807) is 12.0 Å². The van der Waals surface area contributed by atoms with Crippen LogP contribution in [-0.4, -0.2) is 24.6 Å². The number of ether oxygens (including phenoxy) is 1. The highest BCUT2D eigenvalue weighted by atomic mass is 16.5. The van der Waals surface area contributed by atoms with Gasteiger partial charge in [-0.05, 0) is 38.5 Å². The highest BCUT2D eigenvalue weighted by Gasteiger charge is 2.45. The molecule has 1 aliphatic heterocycles. The van der Waals surface area contributed by atoms with Crippen molar-refractivity contribution in [2.24, 2.45) is 5.73 Å². The van der Waals surface area contributed by atoms with Crippen molar-refractivity contribution in [3.8, 4) is 5.75 Å². The van der Waals surface area contributed by atoms with Gasteiger partial charge in [-0.3, -0.25) is 4.79 Å². The summed E-state index contributed by atoms with van der Waals surface area (Å²) in [4.78, 5) is 13.9. The van der Waals surface area contributed by atoms with E-state index in [0.29, 0.717) is 12.2 Å². The summed E-state index contributed by atoms with van der Waals surface area (Å²) in [5.41, 5.74) is 7.56. The Morgan fingerprint density at radius 1 is 1.44 bits per heavy atom. The minimum absolute atomic E-state index is 0.0522. The minimum Gasteiger partial charge on any atom is -0.495 e. The van der Waals surface area contributed by atoms with E-state index in [9.17, 15) is 4.79 Å². The van der Waals surface area contributed by atoms with Crippen LogP contribution in [0.2, 0.25) is 0 Å². The molecule has 0 radical (unpaired) electrons. The third kappa shape index (κ3) is 1.86. The van der Waals surface area contributed by atoms with Crippen molar-refractivity contribution in [2.75, 3.05) is 12.0 Å². The predicted octanol–water partition coefficient (Wildman–Crippen LogP) is 1.85. The first kappa shape index (κ1) is 12.9. The van der Waals surface area contributed by atoms with E-state index in [-0.39, 0.29) is 11.9 Å². The van der Waals surface area contributed by atoms with Gasteiger partial charge in [0.05, 0.1) is 18.3 Å². The fourth-order valence-corrected chi connectivity index (χ4v) is 2.44. The molecule has 98 valence electrons. The second-order valence-electron chi connectivity index (χ2n) is 5.37. The standard InChI is InChI=1S/C14H20N2O2/c1-9-5-6-11(18-4)10(7-9)16-13(17)8-12(15)14(16,2)3/h5-7,12H,8,15H2,1-4H3. The SMILES string of the molecule is COc1ccc(C)cc1N1C(=O)CC(N)C1(C)C. The zero-order chi connectivity index (χ0) is 13.5. The monoisotopic (exact) mass is 248 g/mol. The van der Waals surface area contributed by atoms with Crippen LogP contribution in [0, 0.1) is 6.92 Å². The number of hydrogen-bond acceptors (Lipinski definition) is 3. The maximum absolute atomic E-state index is 12.2. The Hall–Kier alpha value is -1.55. The summed E-state index contributed by atoms with van der Waals surface area (Å²) in [5, 5.41) is 0. The van der Waals surface area contributed by atoms with Crippen LogP contribution in [0.3, 0.4) is 0 Å². The molecule has 1 unspecified atom stereocenters. The van der Waals surface area contributed by atoms with E-state index in [1.165, 1.54) is 0 Å². The number of carbonyl (C=O) groups is 1. The van der Waals surface area contributed by atoms with Crippen LogP contribution in [0.5, 0.6) is 5.75 Å². The second kappa shape index (κ2) is 4.28. The molecule has 1 aromatic rings. The quantitative estimate of drug-likeness (QED) is 0.869. The third-order valence-corrected chi connectivity index (χ3v) is 3.70. The van der Waals surface area contributed by atoms with Gasteiger partial charge in [0, 0.05) is 12.5 Å². The van der Waals surface area contributed by atoms with Crippen LogP contribution in [-0.2, 0) is 4.79 Å². The molecule has 2 rings (SSSR count). The molecule has 1 saturated heterocycles. The van der Waals surface area contributed by atoms with Gasteiger partial charge in [0.2, 0.25) is 5.91 Å². The molecule has 1 fully saturated rings. The van der Waals surface area contributed by atoms with Gasteiger partial charge in [-0.1, -0.05) is 6.07 Å². The van der Waals surface area contributed by atoms with Crippen molar-refractivity contribution in [3.63, 3.8) is 0 Å². The largest absolute Gasteiger partial charge is 0.495 e. The summed E-state index contributed by atoms with van der Waals surface area (Å²) in [7, 11) is 1.61. The zero-order valence-electron chi connectivity index (χ0n) is 11.4. The second-order valence-corrected chi connectivity index (χ2v) is 5.37. The van der Waals surface area contributed by atoms with E-state index in [2.05, 4.69) is 0 Å². The molecule has 0 saturated carbocycles.